The van der Waals surface area contributed by atoms with Gasteiger partial charge in [-0.1, -0.05) is 12.1 Å². The number of hydrogen-bond donors (Lipinski definition) is 2. The first-order valence-electron chi connectivity index (χ1n) is 6.26. The Hall–Kier alpha value is -2.04. The second-order valence-electron chi connectivity index (χ2n) is 4.93. The molecule has 2 rings (SSSR count). The molecule has 5 nitrogen and oxygen atoms in total. The number of rotatable bonds is 4. The van der Waals surface area contributed by atoms with Crippen molar-refractivity contribution in [3.8, 4) is 5.75 Å². The average molecular weight is 263 g/mol. The fourth-order valence-corrected chi connectivity index (χ4v) is 2.22. The molecule has 0 aromatic heterocycles. The fraction of sp³-hybridized carbons (Fsp3) is 0.429. The summed E-state index contributed by atoms with van der Waals surface area (Å²) in [5.41, 5.74) is 0.786. The van der Waals surface area contributed by atoms with Crippen molar-refractivity contribution in [2.45, 2.75) is 32.4 Å². The van der Waals surface area contributed by atoms with E-state index < -0.39 is 17.9 Å². The lowest BCUT2D eigenvalue weighted by Crippen LogP contribution is -2.24. The molecule has 5 heteroatoms. The molecule has 1 heterocycles. The highest BCUT2D eigenvalue weighted by molar-refractivity contribution is 5.87. The number of amides is 1. The predicted octanol–water partition coefficient (Wildman–Crippen LogP) is 1.74. The number of benzene rings is 1. The van der Waals surface area contributed by atoms with Gasteiger partial charge in [-0.05, 0) is 31.5 Å². The third-order valence-corrected chi connectivity index (χ3v) is 3.05. The van der Waals surface area contributed by atoms with E-state index in [0.29, 0.717) is 0 Å². The topological polar surface area (TPSA) is 75.6 Å². The molecule has 1 saturated heterocycles. The van der Waals surface area contributed by atoms with E-state index in [1.807, 2.05) is 13.8 Å². The van der Waals surface area contributed by atoms with Crippen molar-refractivity contribution in [3.05, 3.63) is 29.8 Å². The molecular formula is C14H17NO4. The van der Waals surface area contributed by atoms with Crippen molar-refractivity contribution in [2.24, 2.45) is 5.92 Å². The highest BCUT2D eigenvalue weighted by Crippen LogP contribution is 2.31. The third kappa shape index (κ3) is 3.05. The maximum absolute atomic E-state index is 11.4. The van der Waals surface area contributed by atoms with E-state index in [2.05, 4.69) is 5.32 Å². The number of carboxylic acid groups (broad SMARTS) is 1. The molecule has 1 aromatic carbocycles. The highest BCUT2D eigenvalue weighted by atomic mass is 16.5. The SMILES string of the molecule is CC(C)Oc1ccc(C2NC(=O)CC2C(=O)O)cc1. The van der Waals surface area contributed by atoms with Gasteiger partial charge in [-0.3, -0.25) is 9.59 Å². The Balaban J connectivity index is 2.17. The number of carbonyl (C=O) groups is 2. The molecule has 1 amide bonds. The lowest BCUT2D eigenvalue weighted by atomic mass is 9.94. The van der Waals surface area contributed by atoms with Crippen LogP contribution in [0, 0.1) is 5.92 Å². The number of hydrogen-bond acceptors (Lipinski definition) is 3. The first-order valence-corrected chi connectivity index (χ1v) is 6.26. The van der Waals surface area contributed by atoms with Crippen LogP contribution in [0.3, 0.4) is 0 Å². The van der Waals surface area contributed by atoms with Crippen molar-refractivity contribution >= 4 is 11.9 Å². The summed E-state index contributed by atoms with van der Waals surface area (Å²) in [4.78, 5) is 22.5. The number of carbonyl (C=O) groups excluding carboxylic acids is 1. The quantitative estimate of drug-likeness (QED) is 0.867. The molecule has 2 unspecified atom stereocenters. The second kappa shape index (κ2) is 5.30. The summed E-state index contributed by atoms with van der Waals surface area (Å²) in [6, 6.07) is 6.71. The molecule has 0 bridgehead atoms. The van der Waals surface area contributed by atoms with E-state index in [-0.39, 0.29) is 18.4 Å². The van der Waals surface area contributed by atoms with Crippen molar-refractivity contribution in [3.63, 3.8) is 0 Å². The van der Waals surface area contributed by atoms with Crippen molar-refractivity contribution in [1.29, 1.82) is 0 Å². The van der Waals surface area contributed by atoms with Gasteiger partial charge in [0.2, 0.25) is 5.91 Å². The lowest BCUT2D eigenvalue weighted by Gasteiger charge is -2.16. The van der Waals surface area contributed by atoms with Gasteiger partial charge < -0.3 is 15.2 Å². The Labute approximate surface area is 111 Å². The van der Waals surface area contributed by atoms with Gasteiger partial charge >= 0.3 is 5.97 Å². The Morgan fingerprint density at radius 1 is 1.37 bits per heavy atom. The molecule has 1 aromatic rings. The maximum Gasteiger partial charge on any atom is 0.309 e. The van der Waals surface area contributed by atoms with Crippen molar-refractivity contribution in [1.82, 2.24) is 5.32 Å². The van der Waals surface area contributed by atoms with Gasteiger partial charge in [0.25, 0.3) is 0 Å². The van der Waals surface area contributed by atoms with E-state index in [0.717, 1.165) is 11.3 Å². The molecule has 2 N–H and O–H groups in total. The molecule has 1 fully saturated rings. The number of ether oxygens (including phenoxy) is 1. The van der Waals surface area contributed by atoms with Crippen LogP contribution in [0.1, 0.15) is 31.9 Å². The van der Waals surface area contributed by atoms with Crippen LogP contribution in [0.15, 0.2) is 24.3 Å². The normalized spacial score (nSPS) is 22.4. The van der Waals surface area contributed by atoms with E-state index in [9.17, 15) is 9.59 Å². The molecule has 102 valence electrons. The lowest BCUT2D eigenvalue weighted by molar-refractivity contribution is -0.142. The van der Waals surface area contributed by atoms with Gasteiger partial charge in [-0.2, -0.15) is 0 Å². The summed E-state index contributed by atoms with van der Waals surface area (Å²) >= 11 is 0. The summed E-state index contributed by atoms with van der Waals surface area (Å²) in [5.74, 6) is -1.15. The van der Waals surface area contributed by atoms with Gasteiger partial charge in [0.1, 0.15) is 5.75 Å². The van der Waals surface area contributed by atoms with Gasteiger partial charge in [-0.15, -0.1) is 0 Å². The third-order valence-electron chi connectivity index (χ3n) is 3.05. The van der Waals surface area contributed by atoms with Gasteiger partial charge in [-0.25, -0.2) is 0 Å². The van der Waals surface area contributed by atoms with Crippen LogP contribution in [0.2, 0.25) is 0 Å². The van der Waals surface area contributed by atoms with E-state index in [4.69, 9.17) is 9.84 Å². The Kier molecular flexibility index (Phi) is 3.74. The van der Waals surface area contributed by atoms with Crippen LogP contribution in [0.5, 0.6) is 5.75 Å². The fourth-order valence-electron chi connectivity index (χ4n) is 2.22. The largest absolute Gasteiger partial charge is 0.491 e. The minimum atomic E-state index is -0.953. The summed E-state index contributed by atoms with van der Waals surface area (Å²) in [6.45, 7) is 3.87. The average Bonchev–Trinajstić information content (AvgIpc) is 2.72. The molecule has 19 heavy (non-hydrogen) atoms. The molecule has 1 aliphatic rings. The predicted molar refractivity (Wildman–Crippen MR) is 68.8 cm³/mol. The minimum absolute atomic E-state index is 0.0320. The Morgan fingerprint density at radius 3 is 2.53 bits per heavy atom. The number of carboxylic acids is 1. The maximum atomic E-state index is 11.4. The van der Waals surface area contributed by atoms with E-state index in [1.165, 1.54) is 0 Å². The van der Waals surface area contributed by atoms with Crippen LogP contribution >= 0.6 is 0 Å². The smallest absolute Gasteiger partial charge is 0.309 e. The van der Waals surface area contributed by atoms with Gasteiger partial charge in [0.05, 0.1) is 18.1 Å². The number of nitrogens with one attached hydrogen (secondary N) is 1. The van der Waals surface area contributed by atoms with Gasteiger partial charge in [0.15, 0.2) is 0 Å². The molecule has 2 atom stereocenters. The van der Waals surface area contributed by atoms with Crippen LogP contribution in [0.4, 0.5) is 0 Å². The van der Waals surface area contributed by atoms with Crippen LogP contribution < -0.4 is 10.1 Å². The number of aliphatic carboxylic acids is 1. The molecule has 0 saturated carbocycles. The van der Waals surface area contributed by atoms with E-state index >= 15 is 0 Å². The molecule has 0 radical (unpaired) electrons. The van der Waals surface area contributed by atoms with E-state index in [1.54, 1.807) is 24.3 Å². The first kappa shape index (κ1) is 13.4. The zero-order valence-electron chi connectivity index (χ0n) is 10.9. The van der Waals surface area contributed by atoms with Gasteiger partial charge in [0, 0.05) is 6.42 Å². The Morgan fingerprint density at radius 2 is 2.00 bits per heavy atom. The molecule has 0 spiro atoms. The minimum Gasteiger partial charge on any atom is -0.491 e. The summed E-state index contributed by atoms with van der Waals surface area (Å²) < 4.78 is 5.52. The monoisotopic (exact) mass is 263 g/mol. The standard InChI is InChI=1S/C14H17NO4/c1-8(2)19-10-5-3-9(4-6-10)13-11(14(17)18)7-12(16)15-13/h3-6,8,11,13H,7H2,1-2H3,(H,15,16)(H,17,18). The summed E-state index contributed by atoms with van der Waals surface area (Å²) in [5, 5.41) is 11.8. The van der Waals surface area contributed by atoms with Crippen LogP contribution in [0.25, 0.3) is 0 Å². The zero-order chi connectivity index (χ0) is 14.0. The van der Waals surface area contributed by atoms with Crippen molar-refractivity contribution < 1.29 is 19.4 Å². The highest BCUT2D eigenvalue weighted by Gasteiger charge is 2.38. The summed E-state index contributed by atoms with van der Waals surface area (Å²) in [6.07, 6.45) is 0.119. The Bertz CT molecular complexity index is 481. The van der Waals surface area contributed by atoms with Crippen LogP contribution in [-0.4, -0.2) is 23.1 Å². The summed E-state index contributed by atoms with van der Waals surface area (Å²) in [7, 11) is 0. The second-order valence-corrected chi connectivity index (χ2v) is 4.93. The van der Waals surface area contributed by atoms with Crippen LogP contribution in [-0.2, 0) is 9.59 Å². The molecular weight excluding hydrogens is 246 g/mol. The molecule has 0 aliphatic carbocycles. The first-order chi connectivity index (χ1) is 8.97. The van der Waals surface area contributed by atoms with Crippen molar-refractivity contribution in [2.75, 3.05) is 0 Å². The zero-order valence-corrected chi connectivity index (χ0v) is 10.9. The molecule has 1 aliphatic heterocycles.